The number of halogens is 1. The van der Waals surface area contributed by atoms with Gasteiger partial charge in [0.25, 0.3) is 5.91 Å². The number of oxazole rings is 1. The van der Waals surface area contributed by atoms with Crippen molar-refractivity contribution in [1.29, 1.82) is 0 Å². The first-order valence-electron chi connectivity index (χ1n) is 9.29. The molecule has 144 valence electrons. The number of carbonyl (C=O) groups excluding carboxylic acids is 1. The third-order valence-electron chi connectivity index (χ3n) is 4.68. The molecular formula is C24H19ClN2O2. The molecule has 0 aliphatic rings. The van der Waals surface area contributed by atoms with Gasteiger partial charge in [-0.3, -0.25) is 4.79 Å². The van der Waals surface area contributed by atoms with Crippen molar-refractivity contribution in [2.24, 2.45) is 0 Å². The van der Waals surface area contributed by atoms with Crippen LogP contribution in [0.25, 0.3) is 22.8 Å². The number of hydrogen-bond acceptors (Lipinski definition) is 3. The Morgan fingerprint density at radius 2 is 1.66 bits per heavy atom. The molecule has 1 aromatic heterocycles. The van der Waals surface area contributed by atoms with E-state index in [-0.39, 0.29) is 11.9 Å². The van der Waals surface area contributed by atoms with Crippen molar-refractivity contribution in [2.75, 3.05) is 0 Å². The maximum absolute atomic E-state index is 13.0. The van der Waals surface area contributed by atoms with E-state index in [4.69, 9.17) is 16.0 Å². The normalized spacial score (nSPS) is 11.8. The van der Waals surface area contributed by atoms with Gasteiger partial charge < -0.3 is 9.73 Å². The van der Waals surface area contributed by atoms with E-state index < -0.39 is 0 Å². The van der Waals surface area contributed by atoms with Gasteiger partial charge in [0.1, 0.15) is 0 Å². The summed E-state index contributed by atoms with van der Waals surface area (Å²) in [6.45, 7) is 1.93. The first-order chi connectivity index (χ1) is 14.1. The number of nitrogens with zero attached hydrogens (tertiary/aromatic N) is 1. The Morgan fingerprint density at radius 3 is 2.41 bits per heavy atom. The Labute approximate surface area is 174 Å². The lowest BCUT2D eigenvalue weighted by Gasteiger charge is -2.15. The highest BCUT2D eigenvalue weighted by molar-refractivity contribution is 6.30. The van der Waals surface area contributed by atoms with Gasteiger partial charge >= 0.3 is 0 Å². The molecule has 3 aromatic carbocycles. The van der Waals surface area contributed by atoms with Crippen LogP contribution in [0.4, 0.5) is 0 Å². The molecule has 4 nitrogen and oxygen atoms in total. The quantitative estimate of drug-likeness (QED) is 0.435. The van der Waals surface area contributed by atoms with E-state index in [1.54, 1.807) is 12.3 Å². The molecule has 0 aliphatic carbocycles. The molecule has 0 spiro atoms. The van der Waals surface area contributed by atoms with Crippen molar-refractivity contribution in [3.05, 3.63) is 101 Å². The molecule has 0 aliphatic heterocycles. The highest BCUT2D eigenvalue weighted by atomic mass is 35.5. The molecule has 1 heterocycles. The molecule has 5 heteroatoms. The Kier molecular flexibility index (Phi) is 5.45. The lowest BCUT2D eigenvalue weighted by molar-refractivity contribution is 0.0940. The second kappa shape index (κ2) is 8.33. The number of hydrogen-bond donors (Lipinski definition) is 1. The van der Waals surface area contributed by atoms with Crippen LogP contribution in [0.15, 0.2) is 89.5 Å². The summed E-state index contributed by atoms with van der Waals surface area (Å²) in [4.78, 5) is 17.4. The molecule has 1 amide bonds. The third-order valence-corrected chi connectivity index (χ3v) is 4.94. The van der Waals surface area contributed by atoms with Crippen LogP contribution in [0.1, 0.15) is 28.9 Å². The number of rotatable bonds is 5. The minimum Gasteiger partial charge on any atom is -0.436 e. The Morgan fingerprint density at radius 1 is 0.966 bits per heavy atom. The van der Waals surface area contributed by atoms with Crippen LogP contribution in [-0.2, 0) is 0 Å². The average Bonchev–Trinajstić information content (AvgIpc) is 3.25. The van der Waals surface area contributed by atoms with Gasteiger partial charge in [-0.1, -0.05) is 66.2 Å². The molecule has 0 radical (unpaired) electrons. The first-order valence-corrected chi connectivity index (χ1v) is 9.66. The molecule has 4 aromatic rings. The molecule has 0 saturated carbocycles. The number of aromatic nitrogens is 1. The summed E-state index contributed by atoms with van der Waals surface area (Å²) in [6, 6.07) is 24.3. The van der Waals surface area contributed by atoms with Crippen LogP contribution in [-0.4, -0.2) is 10.9 Å². The SMILES string of the molecule is CC(NC(=O)c1ccccc1-c1ncc(-c2ccccc2)o1)c1ccc(Cl)cc1. The van der Waals surface area contributed by atoms with Crippen molar-refractivity contribution in [2.45, 2.75) is 13.0 Å². The van der Waals surface area contributed by atoms with Crippen LogP contribution in [0.2, 0.25) is 5.02 Å². The standard InChI is InChI=1S/C24H19ClN2O2/c1-16(17-11-13-19(25)14-12-17)27-23(28)20-9-5-6-10-21(20)24-26-15-22(29-24)18-7-3-2-4-8-18/h2-16H,1H3,(H,27,28). The van der Waals surface area contributed by atoms with Crippen molar-refractivity contribution >= 4 is 17.5 Å². The zero-order chi connectivity index (χ0) is 20.2. The molecule has 0 fully saturated rings. The van der Waals surface area contributed by atoms with Crippen LogP contribution in [0.3, 0.4) is 0 Å². The summed E-state index contributed by atoms with van der Waals surface area (Å²) in [5.41, 5.74) is 3.07. The Hall–Kier alpha value is -3.37. The minimum absolute atomic E-state index is 0.169. The van der Waals surface area contributed by atoms with Crippen LogP contribution >= 0.6 is 11.6 Å². The number of amides is 1. The van der Waals surface area contributed by atoms with E-state index in [0.29, 0.717) is 27.8 Å². The van der Waals surface area contributed by atoms with Crippen molar-refractivity contribution in [3.8, 4) is 22.8 Å². The van der Waals surface area contributed by atoms with Crippen molar-refractivity contribution in [1.82, 2.24) is 10.3 Å². The summed E-state index contributed by atoms with van der Waals surface area (Å²) in [6.07, 6.45) is 1.68. The number of nitrogens with one attached hydrogen (secondary N) is 1. The van der Waals surface area contributed by atoms with Gasteiger partial charge in [0.2, 0.25) is 5.89 Å². The second-order valence-corrected chi connectivity index (χ2v) is 7.12. The van der Waals surface area contributed by atoms with E-state index in [9.17, 15) is 4.79 Å². The van der Waals surface area contributed by atoms with Gasteiger partial charge in [-0.05, 0) is 36.8 Å². The fraction of sp³-hybridized carbons (Fsp3) is 0.0833. The maximum atomic E-state index is 13.0. The van der Waals surface area contributed by atoms with Gasteiger partial charge in [-0.25, -0.2) is 4.98 Å². The summed E-state index contributed by atoms with van der Waals surface area (Å²) in [5, 5.41) is 3.69. The fourth-order valence-electron chi connectivity index (χ4n) is 3.11. The van der Waals surface area contributed by atoms with Crippen molar-refractivity contribution < 1.29 is 9.21 Å². The van der Waals surface area contributed by atoms with Gasteiger partial charge in [0, 0.05) is 16.1 Å². The fourth-order valence-corrected chi connectivity index (χ4v) is 3.24. The van der Waals surface area contributed by atoms with Gasteiger partial charge in [0.15, 0.2) is 5.76 Å². The first kappa shape index (κ1) is 19.0. The molecule has 29 heavy (non-hydrogen) atoms. The minimum atomic E-state index is -0.192. The monoisotopic (exact) mass is 402 g/mol. The predicted octanol–water partition coefficient (Wildman–Crippen LogP) is 6.15. The largest absolute Gasteiger partial charge is 0.436 e. The van der Waals surface area contributed by atoms with Crippen LogP contribution in [0.5, 0.6) is 0 Å². The zero-order valence-electron chi connectivity index (χ0n) is 15.8. The van der Waals surface area contributed by atoms with Crippen LogP contribution < -0.4 is 5.32 Å². The van der Waals surface area contributed by atoms with Gasteiger partial charge in [-0.2, -0.15) is 0 Å². The molecular weight excluding hydrogens is 384 g/mol. The summed E-state index contributed by atoms with van der Waals surface area (Å²) in [7, 11) is 0. The Balaban J connectivity index is 1.59. The van der Waals surface area contributed by atoms with Gasteiger partial charge in [0.05, 0.1) is 17.8 Å². The number of carbonyl (C=O) groups is 1. The van der Waals surface area contributed by atoms with Gasteiger partial charge in [-0.15, -0.1) is 0 Å². The Bertz CT molecular complexity index is 1120. The molecule has 1 atom stereocenters. The molecule has 0 saturated heterocycles. The average molecular weight is 403 g/mol. The third kappa shape index (κ3) is 4.23. The number of benzene rings is 3. The van der Waals surface area contributed by atoms with E-state index in [0.717, 1.165) is 11.1 Å². The lowest BCUT2D eigenvalue weighted by Crippen LogP contribution is -2.27. The maximum Gasteiger partial charge on any atom is 0.252 e. The summed E-state index contributed by atoms with van der Waals surface area (Å²) in [5.74, 6) is 0.876. The zero-order valence-corrected chi connectivity index (χ0v) is 16.6. The molecule has 1 N–H and O–H groups in total. The molecule has 1 unspecified atom stereocenters. The van der Waals surface area contributed by atoms with E-state index in [2.05, 4.69) is 10.3 Å². The van der Waals surface area contributed by atoms with E-state index >= 15 is 0 Å². The lowest BCUT2D eigenvalue weighted by atomic mass is 10.0. The molecule has 4 rings (SSSR count). The highest BCUT2D eigenvalue weighted by Crippen LogP contribution is 2.28. The van der Waals surface area contributed by atoms with Crippen LogP contribution in [0, 0.1) is 0 Å². The van der Waals surface area contributed by atoms with E-state index in [1.807, 2.05) is 79.7 Å². The predicted molar refractivity (Wildman–Crippen MR) is 115 cm³/mol. The summed E-state index contributed by atoms with van der Waals surface area (Å²) >= 11 is 5.95. The summed E-state index contributed by atoms with van der Waals surface area (Å²) < 4.78 is 5.94. The second-order valence-electron chi connectivity index (χ2n) is 6.69. The highest BCUT2D eigenvalue weighted by Gasteiger charge is 2.18. The molecule has 0 bridgehead atoms. The van der Waals surface area contributed by atoms with E-state index in [1.165, 1.54) is 0 Å². The topological polar surface area (TPSA) is 55.1 Å². The smallest absolute Gasteiger partial charge is 0.252 e. The van der Waals surface area contributed by atoms with Crippen molar-refractivity contribution in [3.63, 3.8) is 0 Å².